The number of halogens is 4. The second kappa shape index (κ2) is 12.2. The second-order valence-corrected chi connectivity index (χ2v) is 9.76. The molecule has 0 saturated heterocycles. The minimum Gasteiger partial charge on any atom is -0.478 e. The SMILES string of the molecule is CCC(Sc1cccc(NC(=O)c2ccc(C(=O)O)cc2C(=O)O)c1)C(=O)Nc1ccc(Cl)cc1C(F)(F)F. The number of aromatic carboxylic acids is 2. The molecule has 0 bridgehead atoms. The third-order valence-corrected chi connectivity index (χ3v) is 6.91. The topological polar surface area (TPSA) is 133 Å². The third-order valence-electron chi connectivity index (χ3n) is 5.32. The summed E-state index contributed by atoms with van der Waals surface area (Å²) in [4.78, 5) is 48.8. The summed E-state index contributed by atoms with van der Waals surface area (Å²) in [6.07, 6.45) is -4.47. The van der Waals surface area contributed by atoms with E-state index in [1.54, 1.807) is 19.1 Å². The van der Waals surface area contributed by atoms with Gasteiger partial charge in [-0.05, 0) is 61.0 Å². The highest BCUT2D eigenvalue weighted by atomic mass is 35.5. The lowest BCUT2D eigenvalue weighted by Crippen LogP contribution is -2.26. The average molecular weight is 581 g/mol. The molecule has 0 spiro atoms. The third kappa shape index (κ3) is 7.52. The van der Waals surface area contributed by atoms with Gasteiger partial charge in [-0.2, -0.15) is 13.2 Å². The number of hydrogen-bond acceptors (Lipinski definition) is 5. The van der Waals surface area contributed by atoms with Crippen LogP contribution in [0.15, 0.2) is 65.6 Å². The second-order valence-electron chi connectivity index (χ2n) is 8.04. The number of alkyl halides is 3. The Labute approximate surface area is 229 Å². The van der Waals surface area contributed by atoms with Gasteiger partial charge in [0.25, 0.3) is 5.91 Å². The molecule has 0 aliphatic carbocycles. The minimum absolute atomic E-state index is 0.131. The lowest BCUT2D eigenvalue weighted by Gasteiger charge is -2.18. The zero-order valence-electron chi connectivity index (χ0n) is 20.0. The molecule has 4 N–H and O–H groups in total. The Kier molecular flexibility index (Phi) is 9.25. The van der Waals surface area contributed by atoms with Gasteiger partial charge in [0.1, 0.15) is 0 Å². The number of benzene rings is 3. The summed E-state index contributed by atoms with van der Waals surface area (Å²) in [5.74, 6) is -4.32. The molecule has 0 aliphatic heterocycles. The van der Waals surface area contributed by atoms with E-state index in [0.29, 0.717) is 4.90 Å². The van der Waals surface area contributed by atoms with Gasteiger partial charge in [0.15, 0.2) is 0 Å². The molecule has 3 aromatic carbocycles. The molecule has 0 heterocycles. The predicted octanol–water partition coefficient (Wildman–Crippen LogP) is 6.52. The van der Waals surface area contributed by atoms with Crippen molar-refractivity contribution >= 4 is 58.5 Å². The molecule has 0 aromatic heterocycles. The van der Waals surface area contributed by atoms with Crippen LogP contribution >= 0.6 is 23.4 Å². The van der Waals surface area contributed by atoms with E-state index in [0.717, 1.165) is 42.1 Å². The molecule has 8 nitrogen and oxygen atoms in total. The zero-order chi connectivity index (χ0) is 28.9. The molecular weight excluding hydrogens is 561 g/mol. The van der Waals surface area contributed by atoms with Crippen LogP contribution < -0.4 is 10.6 Å². The van der Waals surface area contributed by atoms with Gasteiger partial charge < -0.3 is 20.8 Å². The smallest absolute Gasteiger partial charge is 0.418 e. The molecule has 3 aromatic rings. The van der Waals surface area contributed by atoms with Crippen LogP contribution in [0, 0.1) is 0 Å². The molecule has 0 fully saturated rings. The molecular formula is C26H20ClF3N2O6S. The first-order valence-electron chi connectivity index (χ1n) is 11.2. The van der Waals surface area contributed by atoms with Crippen molar-refractivity contribution in [3.63, 3.8) is 0 Å². The van der Waals surface area contributed by atoms with Crippen LogP contribution in [0.25, 0.3) is 0 Å². The highest BCUT2D eigenvalue weighted by Gasteiger charge is 2.34. The standard InChI is InChI=1S/C26H20ClF3N2O6S/c1-2-21(23(34)32-20-9-7-14(27)11-19(20)26(28,29)30)39-16-5-3-4-15(12-16)31-22(33)17-8-6-13(24(35)36)10-18(17)25(37)38/h3-12,21H,2H2,1H3,(H,31,33)(H,32,34)(H,35,36)(H,37,38). The van der Waals surface area contributed by atoms with Crippen molar-refractivity contribution in [3.05, 3.63) is 87.9 Å². The summed E-state index contributed by atoms with van der Waals surface area (Å²) in [6, 6.07) is 12.3. The molecule has 204 valence electrons. The van der Waals surface area contributed by atoms with E-state index < -0.39 is 52.0 Å². The van der Waals surface area contributed by atoms with Crippen molar-refractivity contribution in [3.8, 4) is 0 Å². The minimum atomic E-state index is -4.73. The first-order chi connectivity index (χ1) is 18.3. The van der Waals surface area contributed by atoms with Gasteiger partial charge in [0, 0.05) is 15.6 Å². The van der Waals surface area contributed by atoms with Gasteiger partial charge in [0.05, 0.1) is 33.2 Å². The number of rotatable bonds is 9. The fraction of sp³-hybridized carbons (Fsp3) is 0.154. The number of carbonyl (C=O) groups is 4. The van der Waals surface area contributed by atoms with Gasteiger partial charge in [-0.25, -0.2) is 9.59 Å². The molecule has 1 atom stereocenters. The summed E-state index contributed by atoms with van der Waals surface area (Å²) in [5.41, 5.74) is -2.32. The Morgan fingerprint density at radius 1 is 0.923 bits per heavy atom. The summed E-state index contributed by atoms with van der Waals surface area (Å²) < 4.78 is 40.2. The maximum Gasteiger partial charge on any atom is 0.418 e. The van der Waals surface area contributed by atoms with Crippen molar-refractivity contribution in [2.45, 2.75) is 29.7 Å². The number of amides is 2. The summed E-state index contributed by atoms with van der Waals surface area (Å²) in [6.45, 7) is 1.68. The van der Waals surface area contributed by atoms with E-state index in [4.69, 9.17) is 16.7 Å². The molecule has 13 heteroatoms. The number of carboxylic acids is 2. The Bertz CT molecular complexity index is 1450. The van der Waals surface area contributed by atoms with Crippen molar-refractivity contribution in [2.75, 3.05) is 10.6 Å². The monoisotopic (exact) mass is 580 g/mol. The lowest BCUT2D eigenvalue weighted by molar-refractivity contribution is -0.137. The van der Waals surface area contributed by atoms with Gasteiger partial charge in [-0.1, -0.05) is 24.6 Å². The van der Waals surface area contributed by atoms with E-state index in [1.807, 2.05) is 0 Å². The first kappa shape index (κ1) is 29.5. The fourth-order valence-corrected chi connectivity index (χ4v) is 4.64. The van der Waals surface area contributed by atoms with Crippen LogP contribution in [-0.4, -0.2) is 39.2 Å². The Morgan fingerprint density at radius 2 is 1.64 bits per heavy atom. The van der Waals surface area contributed by atoms with E-state index >= 15 is 0 Å². The van der Waals surface area contributed by atoms with E-state index in [1.165, 1.54) is 18.2 Å². The maximum absolute atomic E-state index is 13.4. The maximum atomic E-state index is 13.4. The van der Waals surface area contributed by atoms with Crippen molar-refractivity contribution < 1.29 is 42.6 Å². The zero-order valence-corrected chi connectivity index (χ0v) is 21.6. The van der Waals surface area contributed by atoms with Crippen LogP contribution in [-0.2, 0) is 11.0 Å². The van der Waals surface area contributed by atoms with Gasteiger partial charge in [0.2, 0.25) is 5.91 Å². The number of carbonyl (C=O) groups excluding carboxylic acids is 2. The van der Waals surface area contributed by atoms with Crippen LogP contribution in [0.3, 0.4) is 0 Å². The Balaban J connectivity index is 1.77. The predicted molar refractivity (Wildman–Crippen MR) is 140 cm³/mol. The lowest BCUT2D eigenvalue weighted by atomic mass is 10.0. The number of anilines is 2. The van der Waals surface area contributed by atoms with Gasteiger partial charge in [-0.3, -0.25) is 9.59 Å². The average Bonchev–Trinajstić information content (AvgIpc) is 2.87. The first-order valence-corrected chi connectivity index (χ1v) is 12.4. The van der Waals surface area contributed by atoms with Crippen molar-refractivity contribution in [2.24, 2.45) is 0 Å². The normalized spacial score (nSPS) is 11.9. The van der Waals surface area contributed by atoms with Gasteiger partial charge in [-0.15, -0.1) is 11.8 Å². The fourth-order valence-electron chi connectivity index (χ4n) is 3.46. The quantitative estimate of drug-likeness (QED) is 0.212. The Morgan fingerprint density at radius 3 is 2.26 bits per heavy atom. The molecule has 39 heavy (non-hydrogen) atoms. The van der Waals surface area contributed by atoms with Crippen LogP contribution in [0.4, 0.5) is 24.5 Å². The number of nitrogens with one attached hydrogen (secondary N) is 2. The van der Waals surface area contributed by atoms with Crippen molar-refractivity contribution in [1.29, 1.82) is 0 Å². The van der Waals surface area contributed by atoms with Crippen LogP contribution in [0.5, 0.6) is 0 Å². The van der Waals surface area contributed by atoms with Crippen LogP contribution in [0.1, 0.15) is 50.0 Å². The largest absolute Gasteiger partial charge is 0.478 e. The molecule has 0 radical (unpaired) electrons. The molecule has 0 aliphatic rings. The summed E-state index contributed by atoms with van der Waals surface area (Å²) >= 11 is 6.74. The van der Waals surface area contributed by atoms with Gasteiger partial charge >= 0.3 is 18.1 Å². The molecule has 2 amide bonds. The van der Waals surface area contributed by atoms with Crippen LogP contribution in [0.2, 0.25) is 5.02 Å². The number of thioether (sulfide) groups is 1. The van der Waals surface area contributed by atoms with E-state index in [9.17, 15) is 37.5 Å². The Hall–Kier alpha value is -4.03. The van der Waals surface area contributed by atoms with Crippen molar-refractivity contribution in [1.82, 2.24) is 0 Å². The molecule has 3 rings (SSSR count). The summed E-state index contributed by atoms with van der Waals surface area (Å²) in [5, 5.41) is 22.4. The number of hydrogen-bond donors (Lipinski definition) is 4. The van der Waals surface area contributed by atoms with E-state index in [2.05, 4.69) is 10.6 Å². The molecule has 1 unspecified atom stereocenters. The highest BCUT2D eigenvalue weighted by Crippen LogP contribution is 2.37. The number of carboxylic acid groups (broad SMARTS) is 2. The highest BCUT2D eigenvalue weighted by molar-refractivity contribution is 8.00. The van der Waals surface area contributed by atoms with E-state index in [-0.39, 0.29) is 28.3 Å². The molecule has 0 saturated carbocycles. The summed E-state index contributed by atoms with van der Waals surface area (Å²) in [7, 11) is 0.